The van der Waals surface area contributed by atoms with E-state index < -0.39 is 17.8 Å². The Morgan fingerprint density at radius 3 is 2.50 bits per heavy atom. The van der Waals surface area contributed by atoms with Crippen LogP contribution in [0.5, 0.6) is 0 Å². The van der Waals surface area contributed by atoms with E-state index in [0.29, 0.717) is 18.5 Å². The van der Waals surface area contributed by atoms with Crippen molar-refractivity contribution in [2.45, 2.75) is 19.8 Å². The molecule has 0 bridgehead atoms. The second kappa shape index (κ2) is 6.22. The number of nitrogens with one attached hydrogen (secondary N) is 1. The van der Waals surface area contributed by atoms with Crippen LogP contribution >= 0.6 is 15.9 Å². The molecule has 5 heteroatoms. The van der Waals surface area contributed by atoms with Crippen LogP contribution in [0.25, 0.3) is 0 Å². The predicted octanol–water partition coefficient (Wildman–Crippen LogP) is 2.03. The lowest BCUT2D eigenvalue weighted by atomic mass is 9.82. The number of aryl methyl sites for hydroxylation is 1. The summed E-state index contributed by atoms with van der Waals surface area (Å²) < 4.78 is 0.932. The zero-order valence-corrected chi connectivity index (χ0v) is 12.6. The van der Waals surface area contributed by atoms with Gasteiger partial charge in [0.15, 0.2) is 0 Å². The number of amides is 1. The van der Waals surface area contributed by atoms with Crippen molar-refractivity contribution in [2.75, 3.05) is 5.32 Å². The smallest absolute Gasteiger partial charge is 0.228 e. The number of carbonyl (C=O) groups excluding carboxylic acids is 2. The minimum atomic E-state index is -1.16. The predicted molar refractivity (Wildman–Crippen MR) is 77.9 cm³/mol. The minimum Gasteiger partial charge on any atom is -0.550 e. The van der Waals surface area contributed by atoms with Crippen molar-refractivity contribution < 1.29 is 14.7 Å². The summed E-state index contributed by atoms with van der Waals surface area (Å²) in [7, 11) is 0. The summed E-state index contributed by atoms with van der Waals surface area (Å²) in [5.74, 6) is -2.76. The van der Waals surface area contributed by atoms with Crippen LogP contribution in [0.1, 0.15) is 18.4 Å². The van der Waals surface area contributed by atoms with Crippen molar-refractivity contribution in [1.82, 2.24) is 0 Å². The summed E-state index contributed by atoms with van der Waals surface area (Å²) in [6, 6.07) is 5.52. The molecule has 1 aromatic rings. The highest BCUT2D eigenvalue weighted by Gasteiger charge is 2.29. The summed E-state index contributed by atoms with van der Waals surface area (Å²) in [6.07, 6.45) is 4.41. The number of carboxylic acid groups (broad SMARTS) is 1. The zero-order valence-electron chi connectivity index (χ0n) is 11.1. The van der Waals surface area contributed by atoms with Crippen molar-refractivity contribution in [3.63, 3.8) is 0 Å². The molecule has 1 amide bonds. The van der Waals surface area contributed by atoms with Crippen LogP contribution in [0, 0.1) is 18.8 Å². The highest BCUT2D eigenvalue weighted by atomic mass is 79.9. The maximum atomic E-state index is 12.3. The third-order valence-corrected chi connectivity index (χ3v) is 4.01. The van der Waals surface area contributed by atoms with Gasteiger partial charge in [-0.2, -0.15) is 0 Å². The molecule has 1 aliphatic carbocycles. The first kappa shape index (κ1) is 14.8. The van der Waals surface area contributed by atoms with Gasteiger partial charge in [0, 0.05) is 22.0 Å². The van der Waals surface area contributed by atoms with Gasteiger partial charge < -0.3 is 15.2 Å². The number of carboxylic acids is 1. The number of carbonyl (C=O) groups is 2. The summed E-state index contributed by atoms with van der Waals surface area (Å²) in [5.41, 5.74) is 1.62. The van der Waals surface area contributed by atoms with Gasteiger partial charge in [-0.1, -0.05) is 28.1 Å². The standard InChI is InChI=1S/C15H16BrNO3/c1-9-8-10(16)6-7-13(9)17-14(18)11-4-2-3-5-12(11)15(19)20/h2-3,6-8,11-12H,4-5H2,1H3,(H,17,18)(H,19,20)/p-1/t11-,12-/m1/s1. The Hall–Kier alpha value is -1.62. The van der Waals surface area contributed by atoms with E-state index in [4.69, 9.17) is 0 Å². The largest absolute Gasteiger partial charge is 0.550 e. The van der Waals surface area contributed by atoms with Gasteiger partial charge in [0.2, 0.25) is 5.91 Å². The van der Waals surface area contributed by atoms with Gasteiger partial charge in [0.1, 0.15) is 0 Å². The summed E-state index contributed by atoms with van der Waals surface area (Å²) in [6.45, 7) is 1.89. The number of halogens is 1. The third kappa shape index (κ3) is 3.28. The van der Waals surface area contributed by atoms with Gasteiger partial charge in [0.05, 0.1) is 5.92 Å². The Morgan fingerprint density at radius 2 is 1.90 bits per heavy atom. The molecule has 4 nitrogen and oxygen atoms in total. The Kier molecular flexibility index (Phi) is 4.60. The van der Waals surface area contributed by atoms with E-state index in [1.165, 1.54) is 0 Å². The SMILES string of the molecule is Cc1cc(Br)ccc1NC(=O)[C@@H]1CC=CC[C@H]1C(=O)[O-]. The van der Waals surface area contributed by atoms with E-state index in [1.54, 1.807) is 12.1 Å². The van der Waals surface area contributed by atoms with Crippen molar-refractivity contribution in [1.29, 1.82) is 0 Å². The maximum Gasteiger partial charge on any atom is 0.228 e. The molecule has 0 saturated heterocycles. The van der Waals surface area contributed by atoms with Crippen LogP contribution in [0.15, 0.2) is 34.8 Å². The molecule has 0 fully saturated rings. The lowest BCUT2D eigenvalue weighted by Crippen LogP contribution is -2.41. The average Bonchev–Trinajstić information content (AvgIpc) is 2.41. The molecular formula is C15H15BrNO3-. The minimum absolute atomic E-state index is 0.269. The fourth-order valence-electron chi connectivity index (χ4n) is 2.36. The molecule has 0 aromatic heterocycles. The Labute approximate surface area is 126 Å². The van der Waals surface area contributed by atoms with E-state index in [-0.39, 0.29) is 5.91 Å². The molecule has 0 spiro atoms. The maximum absolute atomic E-state index is 12.3. The Bertz CT molecular complexity index is 568. The van der Waals surface area contributed by atoms with Gasteiger partial charge >= 0.3 is 0 Å². The molecule has 0 aliphatic heterocycles. The number of benzene rings is 1. The van der Waals surface area contributed by atoms with E-state index in [1.807, 2.05) is 25.1 Å². The van der Waals surface area contributed by atoms with Gasteiger partial charge in [-0.05, 0) is 43.5 Å². The van der Waals surface area contributed by atoms with Crippen LogP contribution in [-0.4, -0.2) is 11.9 Å². The summed E-state index contributed by atoms with van der Waals surface area (Å²) in [5, 5.41) is 13.9. The lowest BCUT2D eigenvalue weighted by molar-refractivity contribution is -0.313. The molecular weight excluding hydrogens is 322 g/mol. The molecule has 0 unspecified atom stereocenters. The first-order chi connectivity index (χ1) is 9.49. The quantitative estimate of drug-likeness (QED) is 0.858. The van der Waals surface area contributed by atoms with Crippen LogP contribution in [0.2, 0.25) is 0 Å². The van der Waals surface area contributed by atoms with Gasteiger partial charge in [-0.15, -0.1) is 0 Å². The van der Waals surface area contributed by atoms with Crippen LogP contribution in [-0.2, 0) is 9.59 Å². The van der Waals surface area contributed by atoms with Gasteiger partial charge in [-0.3, -0.25) is 4.79 Å². The number of hydrogen-bond acceptors (Lipinski definition) is 3. The third-order valence-electron chi connectivity index (χ3n) is 3.52. The first-order valence-electron chi connectivity index (χ1n) is 6.42. The molecule has 2 atom stereocenters. The molecule has 1 aromatic carbocycles. The molecule has 20 heavy (non-hydrogen) atoms. The Balaban J connectivity index is 2.14. The molecule has 106 valence electrons. The van der Waals surface area contributed by atoms with E-state index in [0.717, 1.165) is 10.0 Å². The average molecular weight is 337 g/mol. The second-order valence-electron chi connectivity index (χ2n) is 4.92. The van der Waals surface area contributed by atoms with E-state index in [9.17, 15) is 14.7 Å². The van der Waals surface area contributed by atoms with Crippen molar-refractivity contribution >= 4 is 33.5 Å². The highest BCUT2D eigenvalue weighted by molar-refractivity contribution is 9.10. The van der Waals surface area contributed by atoms with Crippen LogP contribution in [0.4, 0.5) is 5.69 Å². The monoisotopic (exact) mass is 336 g/mol. The second-order valence-corrected chi connectivity index (χ2v) is 5.84. The number of anilines is 1. The summed E-state index contributed by atoms with van der Waals surface area (Å²) >= 11 is 3.36. The topological polar surface area (TPSA) is 69.2 Å². The van der Waals surface area contributed by atoms with Crippen LogP contribution in [0.3, 0.4) is 0 Å². The molecule has 2 rings (SSSR count). The molecule has 0 saturated carbocycles. The number of rotatable bonds is 3. The Morgan fingerprint density at radius 1 is 1.25 bits per heavy atom. The van der Waals surface area contributed by atoms with Gasteiger partial charge in [0.25, 0.3) is 0 Å². The lowest BCUT2D eigenvalue weighted by Gasteiger charge is -2.28. The van der Waals surface area contributed by atoms with Crippen LogP contribution < -0.4 is 10.4 Å². The van der Waals surface area contributed by atoms with Crippen molar-refractivity contribution in [3.8, 4) is 0 Å². The molecule has 1 N–H and O–H groups in total. The molecule has 0 heterocycles. The normalized spacial score (nSPS) is 21.5. The molecule has 0 radical (unpaired) electrons. The number of allylic oxidation sites excluding steroid dienone is 2. The number of hydrogen-bond donors (Lipinski definition) is 1. The van der Waals surface area contributed by atoms with Crippen molar-refractivity contribution in [3.05, 3.63) is 40.4 Å². The fraction of sp³-hybridized carbons (Fsp3) is 0.333. The highest BCUT2D eigenvalue weighted by Crippen LogP contribution is 2.27. The first-order valence-corrected chi connectivity index (χ1v) is 7.21. The van der Waals surface area contributed by atoms with E-state index in [2.05, 4.69) is 21.2 Å². The zero-order chi connectivity index (χ0) is 14.7. The molecule has 1 aliphatic rings. The summed E-state index contributed by atoms with van der Waals surface area (Å²) in [4.78, 5) is 23.4. The fourth-order valence-corrected chi connectivity index (χ4v) is 2.83. The van der Waals surface area contributed by atoms with Crippen molar-refractivity contribution in [2.24, 2.45) is 11.8 Å². The van der Waals surface area contributed by atoms with Gasteiger partial charge in [-0.25, -0.2) is 0 Å². The van der Waals surface area contributed by atoms with E-state index >= 15 is 0 Å². The number of aliphatic carboxylic acids is 1.